The van der Waals surface area contributed by atoms with E-state index in [1.165, 1.54) is 0 Å². The molecular weight excluding hydrogens is 374 g/mol. The van der Waals surface area contributed by atoms with Crippen molar-refractivity contribution >= 4 is 11.9 Å². The Kier molecular flexibility index (Phi) is 6.67. The standard InChI is InChI=1S/C21H23N3O5/c1-4-5-11-28-16-8-6-7-14(12-16)19(25)22-21-24-23-20(29-21)17-13-15(26-2)9-10-18(17)27-3/h6-10,12-13H,4-5,11H2,1-3H3,(H,22,24,25). The lowest BCUT2D eigenvalue weighted by atomic mass is 10.2. The number of unbranched alkanes of at least 4 members (excludes halogenated alkanes) is 1. The summed E-state index contributed by atoms with van der Waals surface area (Å²) in [5.41, 5.74) is 0.990. The molecule has 8 heteroatoms. The number of aromatic nitrogens is 2. The van der Waals surface area contributed by atoms with Gasteiger partial charge in [-0.25, -0.2) is 0 Å². The molecule has 0 saturated carbocycles. The fourth-order valence-electron chi connectivity index (χ4n) is 2.59. The highest BCUT2D eigenvalue weighted by Crippen LogP contribution is 2.33. The zero-order chi connectivity index (χ0) is 20.6. The van der Waals surface area contributed by atoms with Crippen LogP contribution in [0.4, 0.5) is 6.01 Å². The van der Waals surface area contributed by atoms with Crippen LogP contribution in [0.15, 0.2) is 46.9 Å². The lowest BCUT2D eigenvalue weighted by Crippen LogP contribution is -2.12. The van der Waals surface area contributed by atoms with E-state index in [1.54, 1.807) is 50.6 Å². The first-order valence-corrected chi connectivity index (χ1v) is 9.24. The van der Waals surface area contributed by atoms with Crippen LogP contribution < -0.4 is 19.5 Å². The molecule has 0 fully saturated rings. The lowest BCUT2D eigenvalue weighted by Gasteiger charge is -2.07. The van der Waals surface area contributed by atoms with Gasteiger partial charge in [-0.05, 0) is 42.8 Å². The average Bonchev–Trinajstić information content (AvgIpc) is 3.22. The maximum absolute atomic E-state index is 12.5. The normalized spacial score (nSPS) is 10.4. The summed E-state index contributed by atoms with van der Waals surface area (Å²) < 4.78 is 21.8. The van der Waals surface area contributed by atoms with Gasteiger partial charge in [0.1, 0.15) is 17.2 Å². The molecule has 0 aliphatic carbocycles. The van der Waals surface area contributed by atoms with E-state index in [0.29, 0.717) is 35.0 Å². The smallest absolute Gasteiger partial charge is 0.322 e. The summed E-state index contributed by atoms with van der Waals surface area (Å²) in [5.74, 6) is 1.62. The van der Waals surface area contributed by atoms with Gasteiger partial charge in [-0.1, -0.05) is 24.5 Å². The topological polar surface area (TPSA) is 95.7 Å². The number of amides is 1. The van der Waals surface area contributed by atoms with Crippen LogP contribution in [0.3, 0.4) is 0 Å². The molecule has 152 valence electrons. The minimum Gasteiger partial charge on any atom is -0.497 e. The average molecular weight is 397 g/mol. The number of carbonyl (C=O) groups is 1. The molecule has 0 unspecified atom stereocenters. The van der Waals surface area contributed by atoms with Crippen molar-refractivity contribution in [2.75, 3.05) is 26.1 Å². The third kappa shape index (κ3) is 5.04. The summed E-state index contributed by atoms with van der Waals surface area (Å²) in [7, 11) is 3.10. The van der Waals surface area contributed by atoms with Gasteiger partial charge < -0.3 is 18.6 Å². The van der Waals surface area contributed by atoms with Gasteiger partial charge in [0.2, 0.25) is 0 Å². The van der Waals surface area contributed by atoms with Crippen molar-refractivity contribution in [1.29, 1.82) is 0 Å². The van der Waals surface area contributed by atoms with Crippen LogP contribution in [-0.2, 0) is 0 Å². The van der Waals surface area contributed by atoms with E-state index in [-0.39, 0.29) is 17.8 Å². The number of ether oxygens (including phenoxy) is 3. The molecule has 0 bridgehead atoms. The minimum absolute atomic E-state index is 0.0211. The van der Waals surface area contributed by atoms with Crippen LogP contribution in [0, 0.1) is 0 Å². The van der Waals surface area contributed by atoms with Gasteiger partial charge in [-0.3, -0.25) is 10.1 Å². The fraction of sp³-hybridized carbons (Fsp3) is 0.286. The first-order valence-electron chi connectivity index (χ1n) is 9.24. The van der Waals surface area contributed by atoms with Crippen molar-refractivity contribution in [3.63, 3.8) is 0 Å². The Balaban J connectivity index is 1.74. The summed E-state index contributed by atoms with van der Waals surface area (Å²) in [4.78, 5) is 12.5. The maximum atomic E-state index is 12.5. The number of hydrogen-bond donors (Lipinski definition) is 1. The van der Waals surface area contributed by atoms with Crippen LogP contribution in [0.2, 0.25) is 0 Å². The second kappa shape index (κ2) is 9.59. The van der Waals surface area contributed by atoms with Gasteiger partial charge in [0.15, 0.2) is 0 Å². The summed E-state index contributed by atoms with van der Waals surface area (Å²) in [6.45, 7) is 2.70. The van der Waals surface area contributed by atoms with Gasteiger partial charge in [0.25, 0.3) is 11.8 Å². The predicted molar refractivity (Wildman–Crippen MR) is 108 cm³/mol. The van der Waals surface area contributed by atoms with Crippen LogP contribution in [0.5, 0.6) is 17.2 Å². The Morgan fingerprint density at radius 3 is 2.69 bits per heavy atom. The Labute approximate surface area is 168 Å². The molecule has 1 aromatic heterocycles. The molecule has 2 aromatic carbocycles. The van der Waals surface area contributed by atoms with Crippen molar-refractivity contribution in [3.05, 3.63) is 48.0 Å². The van der Waals surface area contributed by atoms with Crippen LogP contribution in [-0.4, -0.2) is 36.9 Å². The molecule has 0 aliphatic heterocycles. The number of rotatable bonds is 9. The number of nitrogens with one attached hydrogen (secondary N) is 1. The van der Waals surface area contributed by atoms with Gasteiger partial charge >= 0.3 is 6.01 Å². The molecule has 8 nitrogen and oxygen atoms in total. The third-order valence-corrected chi connectivity index (χ3v) is 4.15. The number of hydrogen-bond acceptors (Lipinski definition) is 7. The molecule has 0 atom stereocenters. The number of carbonyl (C=O) groups excluding carboxylic acids is 1. The second-order valence-corrected chi connectivity index (χ2v) is 6.16. The summed E-state index contributed by atoms with van der Waals surface area (Å²) in [5, 5.41) is 10.5. The summed E-state index contributed by atoms with van der Waals surface area (Å²) in [6, 6.07) is 12.1. The van der Waals surface area contributed by atoms with Crippen LogP contribution in [0.25, 0.3) is 11.5 Å². The second-order valence-electron chi connectivity index (χ2n) is 6.16. The highest BCUT2D eigenvalue weighted by atomic mass is 16.5. The van der Waals surface area contributed by atoms with E-state index in [2.05, 4.69) is 22.4 Å². The minimum atomic E-state index is -0.376. The van der Waals surface area contributed by atoms with Crippen LogP contribution in [0.1, 0.15) is 30.1 Å². The molecule has 3 rings (SSSR count). The van der Waals surface area contributed by atoms with Gasteiger partial charge in [-0.2, -0.15) is 0 Å². The Bertz CT molecular complexity index is 970. The molecule has 1 heterocycles. The van der Waals surface area contributed by atoms with Crippen molar-refractivity contribution < 1.29 is 23.4 Å². The Morgan fingerprint density at radius 2 is 1.93 bits per heavy atom. The largest absolute Gasteiger partial charge is 0.497 e. The van der Waals surface area contributed by atoms with Crippen molar-refractivity contribution in [3.8, 4) is 28.7 Å². The zero-order valence-corrected chi connectivity index (χ0v) is 16.6. The predicted octanol–water partition coefficient (Wildman–Crippen LogP) is 4.19. The Hall–Kier alpha value is -3.55. The van der Waals surface area contributed by atoms with Gasteiger partial charge in [0.05, 0.1) is 26.4 Å². The summed E-state index contributed by atoms with van der Waals surface area (Å²) >= 11 is 0. The molecular formula is C21H23N3O5. The third-order valence-electron chi connectivity index (χ3n) is 4.15. The number of anilines is 1. The Morgan fingerprint density at radius 1 is 1.07 bits per heavy atom. The van der Waals surface area contributed by atoms with Crippen molar-refractivity contribution in [2.24, 2.45) is 0 Å². The van der Waals surface area contributed by atoms with Gasteiger partial charge in [0, 0.05) is 5.56 Å². The van der Waals surface area contributed by atoms with E-state index in [9.17, 15) is 4.79 Å². The molecule has 1 amide bonds. The van der Waals surface area contributed by atoms with Crippen molar-refractivity contribution in [1.82, 2.24) is 10.2 Å². The van der Waals surface area contributed by atoms with E-state index >= 15 is 0 Å². The van der Waals surface area contributed by atoms with Gasteiger partial charge in [-0.15, -0.1) is 5.10 Å². The van der Waals surface area contributed by atoms with E-state index < -0.39 is 0 Å². The molecule has 0 radical (unpaired) electrons. The SMILES string of the molecule is CCCCOc1cccc(C(=O)Nc2nnc(-c3cc(OC)ccc3OC)o2)c1. The first kappa shape index (κ1) is 20.2. The highest BCUT2D eigenvalue weighted by Gasteiger charge is 2.17. The summed E-state index contributed by atoms with van der Waals surface area (Å²) in [6.07, 6.45) is 1.99. The molecule has 0 aliphatic rings. The van der Waals surface area contributed by atoms with E-state index in [1.807, 2.05) is 6.07 Å². The fourth-order valence-corrected chi connectivity index (χ4v) is 2.59. The molecule has 0 saturated heterocycles. The number of methoxy groups -OCH3 is 2. The number of benzene rings is 2. The first-order chi connectivity index (χ1) is 14.1. The van der Waals surface area contributed by atoms with E-state index in [0.717, 1.165) is 12.8 Å². The van der Waals surface area contributed by atoms with Crippen LogP contribution >= 0.6 is 0 Å². The quantitative estimate of drug-likeness (QED) is 0.541. The maximum Gasteiger partial charge on any atom is 0.322 e. The molecule has 3 aromatic rings. The molecule has 0 spiro atoms. The lowest BCUT2D eigenvalue weighted by molar-refractivity contribution is 0.102. The number of nitrogens with zero attached hydrogens (tertiary/aromatic N) is 2. The molecule has 29 heavy (non-hydrogen) atoms. The van der Waals surface area contributed by atoms with Crippen molar-refractivity contribution in [2.45, 2.75) is 19.8 Å². The highest BCUT2D eigenvalue weighted by molar-refractivity contribution is 6.03. The monoisotopic (exact) mass is 397 g/mol. The zero-order valence-electron chi connectivity index (χ0n) is 16.6. The van der Waals surface area contributed by atoms with E-state index in [4.69, 9.17) is 18.6 Å². The molecule has 1 N–H and O–H groups in total.